The third kappa shape index (κ3) is 3.22. The lowest BCUT2D eigenvalue weighted by Gasteiger charge is -2.40. The summed E-state index contributed by atoms with van der Waals surface area (Å²) in [5, 5.41) is 3.43. The number of benzene rings is 1. The lowest BCUT2D eigenvalue weighted by atomic mass is 9.96. The minimum Gasteiger partial charge on any atom is -0.371 e. The van der Waals surface area contributed by atoms with Crippen molar-refractivity contribution < 1.29 is 0 Å². The van der Waals surface area contributed by atoms with E-state index in [1.807, 2.05) is 0 Å². The second-order valence-electron chi connectivity index (χ2n) is 5.02. The van der Waals surface area contributed by atoms with Gasteiger partial charge in [-0.25, -0.2) is 0 Å². The van der Waals surface area contributed by atoms with Crippen molar-refractivity contribution in [1.82, 2.24) is 5.32 Å². The number of hydrogen-bond acceptors (Lipinski definition) is 2. The fraction of sp³-hybridized carbons (Fsp3) is 0.600. The van der Waals surface area contributed by atoms with Crippen LogP contribution in [0.3, 0.4) is 0 Å². The fourth-order valence-corrected chi connectivity index (χ4v) is 2.27. The van der Waals surface area contributed by atoms with Gasteiger partial charge in [0.05, 0.1) is 0 Å². The average molecular weight is 232 g/mol. The molecular weight excluding hydrogens is 208 g/mol. The maximum absolute atomic E-state index is 3.43. The zero-order chi connectivity index (χ0) is 12.1. The van der Waals surface area contributed by atoms with Gasteiger partial charge in [-0.2, -0.15) is 0 Å². The second kappa shape index (κ2) is 6.06. The molecule has 2 nitrogen and oxygen atoms in total. The monoisotopic (exact) mass is 232 g/mol. The number of rotatable bonds is 6. The van der Waals surface area contributed by atoms with E-state index in [0.717, 1.165) is 19.0 Å². The van der Waals surface area contributed by atoms with Crippen molar-refractivity contribution in [3.05, 3.63) is 29.8 Å². The predicted molar refractivity (Wildman–Crippen MR) is 74.4 cm³/mol. The van der Waals surface area contributed by atoms with E-state index in [2.05, 4.69) is 48.3 Å². The van der Waals surface area contributed by atoms with E-state index in [0.29, 0.717) is 0 Å². The molecule has 1 aromatic carbocycles. The summed E-state index contributed by atoms with van der Waals surface area (Å²) in [5.41, 5.74) is 2.77. The van der Waals surface area contributed by atoms with Gasteiger partial charge < -0.3 is 10.2 Å². The molecule has 0 spiro atoms. The highest BCUT2D eigenvalue weighted by atomic mass is 15.2. The first-order chi connectivity index (χ1) is 8.33. The van der Waals surface area contributed by atoms with Crippen molar-refractivity contribution in [3.8, 4) is 0 Å². The quantitative estimate of drug-likeness (QED) is 0.758. The molecule has 0 bridgehead atoms. The highest BCUT2D eigenvalue weighted by molar-refractivity contribution is 5.49. The first-order valence-corrected chi connectivity index (χ1v) is 6.88. The summed E-state index contributed by atoms with van der Waals surface area (Å²) in [5.74, 6) is 0.917. The largest absolute Gasteiger partial charge is 0.371 e. The summed E-state index contributed by atoms with van der Waals surface area (Å²) < 4.78 is 0. The average Bonchev–Trinajstić information content (AvgIpc) is 2.30. The Morgan fingerprint density at radius 1 is 1.18 bits per heavy atom. The third-order valence-corrected chi connectivity index (χ3v) is 3.59. The van der Waals surface area contributed by atoms with Crippen LogP contribution >= 0.6 is 0 Å². The first kappa shape index (κ1) is 12.4. The van der Waals surface area contributed by atoms with Crippen LogP contribution in [0, 0.1) is 5.92 Å². The molecule has 0 radical (unpaired) electrons. The molecule has 1 heterocycles. The molecule has 0 atom stereocenters. The van der Waals surface area contributed by atoms with Crippen LogP contribution in [-0.2, 0) is 6.54 Å². The van der Waals surface area contributed by atoms with Gasteiger partial charge >= 0.3 is 0 Å². The number of hydrogen-bond donors (Lipinski definition) is 1. The van der Waals surface area contributed by atoms with Crippen molar-refractivity contribution in [2.45, 2.75) is 33.2 Å². The van der Waals surface area contributed by atoms with Gasteiger partial charge in [-0.15, -0.1) is 0 Å². The van der Waals surface area contributed by atoms with Crippen molar-refractivity contribution >= 4 is 5.69 Å². The van der Waals surface area contributed by atoms with E-state index >= 15 is 0 Å². The van der Waals surface area contributed by atoms with Crippen LogP contribution in [0.25, 0.3) is 0 Å². The van der Waals surface area contributed by atoms with Gasteiger partial charge in [-0.1, -0.05) is 26.0 Å². The molecule has 1 aliphatic heterocycles. The van der Waals surface area contributed by atoms with E-state index in [-0.39, 0.29) is 0 Å². The summed E-state index contributed by atoms with van der Waals surface area (Å²) in [6, 6.07) is 9.01. The zero-order valence-corrected chi connectivity index (χ0v) is 11.1. The zero-order valence-electron chi connectivity index (χ0n) is 11.1. The molecule has 0 amide bonds. The van der Waals surface area contributed by atoms with Gasteiger partial charge in [0.25, 0.3) is 0 Å². The van der Waals surface area contributed by atoms with Gasteiger partial charge in [-0.3, -0.25) is 0 Å². The molecule has 0 unspecified atom stereocenters. The van der Waals surface area contributed by atoms with Crippen LogP contribution < -0.4 is 10.2 Å². The lowest BCUT2D eigenvalue weighted by molar-refractivity contribution is 0.399. The molecule has 94 valence electrons. The molecular formula is C15H24N2. The Hall–Kier alpha value is -1.02. The third-order valence-electron chi connectivity index (χ3n) is 3.59. The minimum atomic E-state index is 0.917. The fourth-order valence-electron chi connectivity index (χ4n) is 2.27. The lowest BCUT2D eigenvalue weighted by Crippen LogP contribution is -2.46. The van der Waals surface area contributed by atoms with Crippen LogP contribution in [0.2, 0.25) is 0 Å². The van der Waals surface area contributed by atoms with E-state index in [1.54, 1.807) is 0 Å². The highest BCUT2D eigenvalue weighted by Crippen LogP contribution is 2.26. The Morgan fingerprint density at radius 3 is 2.47 bits per heavy atom. The molecule has 1 saturated heterocycles. The van der Waals surface area contributed by atoms with Gasteiger partial charge in [0.1, 0.15) is 0 Å². The molecule has 2 rings (SSSR count). The minimum absolute atomic E-state index is 0.917. The molecule has 0 saturated carbocycles. The topological polar surface area (TPSA) is 15.3 Å². The summed E-state index contributed by atoms with van der Waals surface area (Å²) in [6.45, 7) is 9.06. The van der Waals surface area contributed by atoms with E-state index in [4.69, 9.17) is 0 Å². The predicted octanol–water partition coefficient (Wildman–Crippen LogP) is 3.03. The number of nitrogens with one attached hydrogen (secondary N) is 1. The molecule has 1 N–H and O–H groups in total. The standard InChI is InChI=1S/C15H24N2/c1-3-9-16-10-14-5-7-15(8-6-14)17-11-13(4-2)12-17/h5-8,13,16H,3-4,9-12H2,1-2H3. The maximum atomic E-state index is 3.43. The van der Waals surface area contributed by atoms with Crippen molar-refractivity contribution in [2.24, 2.45) is 5.92 Å². The van der Waals surface area contributed by atoms with Gasteiger partial charge in [0.2, 0.25) is 0 Å². The molecule has 1 fully saturated rings. The van der Waals surface area contributed by atoms with Crippen LogP contribution in [0.5, 0.6) is 0 Å². The van der Waals surface area contributed by atoms with Gasteiger partial charge in [-0.05, 0) is 43.0 Å². The van der Waals surface area contributed by atoms with Crippen LogP contribution in [0.1, 0.15) is 32.3 Å². The summed E-state index contributed by atoms with van der Waals surface area (Å²) in [6.07, 6.45) is 2.51. The molecule has 1 aliphatic rings. The maximum Gasteiger partial charge on any atom is 0.0366 e. The van der Waals surface area contributed by atoms with Crippen molar-refractivity contribution in [3.63, 3.8) is 0 Å². The van der Waals surface area contributed by atoms with Crippen LogP contribution in [0.15, 0.2) is 24.3 Å². The first-order valence-electron chi connectivity index (χ1n) is 6.88. The normalized spacial score (nSPS) is 16.0. The smallest absolute Gasteiger partial charge is 0.0366 e. The number of anilines is 1. The molecule has 0 aliphatic carbocycles. The van der Waals surface area contributed by atoms with Crippen molar-refractivity contribution in [2.75, 3.05) is 24.5 Å². The summed E-state index contributed by atoms with van der Waals surface area (Å²) in [7, 11) is 0. The molecule has 17 heavy (non-hydrogen) atoms. The van der Waals surface area contributed by atoms with Crippen LogP contribution in [0.4, 0.5) is 5.69 Å². The van der Waals surface area contributed by atoms with Crippen LogP contribution in [-0.4, -0.2) is 19.6 Å². The SMILES string of the molecule is CCCNCc1ccc(N2CC(CC)C2)cc1. The van der Waals surface area contributed by atoms with Crippen molar-refractivity contribution in [1.29, 1.82) is 0 Å². The highest BCUT2D eigenvalue weighted by Gasteiger charge is 2.24. The summed E-state index contributed by atoms with van der Waals surface area (Å²) in [4.78, 5) is 2.47. The Labute approximate surface area is 105 Å². The molecule has 2 heteroatoms. The Bertz CT molecular complexity index is 325. The summed E-state index contributed by atoms with van der Waals surface area (Å²) >= 11 is 0. The van der Waals surface area contributed by atoms with Gasteiger partial charge in [0.15, 0.2) is 0 Å². The van der Waals surface area contributed by atoms with E-state index < -0.39 is 0 Å². The number of nitrogens with zero attached hydrogens (tertiary/aromatic N) is 1. The molecule has 0 aromatic heterocycles. The molecule has 1 aromatic rings. The van der Waals surface area contributed by atoms with E-state index in [9.17, 15) is 0 Å². The Balaban J connectivity index is 1.82. The Kier molecular flexibility index (Phi) is 4.43. The Morgan fingerprint density at radius 2 is 1.88 bits per heavy atom. The second-order valence-corrected chi connectivity index (χ2v) is 5.02. The van der Waals surface area contributed by atoms with Gasteiger partial charge in [0, 0.05) is 25.3 Å². The van der Waals surface area contributed by atoms with E-state index in [1.165, 1.54) is 37.2 Å².